The zero-order valence-electron chi connectivity index (χ0n) is 22.6. The van der Waals surface area contributed by atoms with Gasteiger partial charge in [-0.1, -0.05) is 25.5 Å². The molecule has 3 heterocycles. The number of ether oxygens (including phenoxy) is 1. The van der Waals surface area contributed by atoms with Crippen molar-refractivity contribution in [1.82, 2.24) is 14.7 Å². The van der Waals surface area contributed by atoms with Crippen LogP contribution in [0, 0.1) is 5.92 Å². The number of likely N-dealkylation sites (tertiary alicyclic amines) is 2. The number of amides is 2. The van der Waals surface area contributed by atoms with Crippen molar-refractivity contribution in [3.63, 3.8) is 0 Å². The Morgan fingerprint density at radius 1 is 1.16 bits per heavy atom. The van der Waals surface area contributed by atoms with Crippen molar-refractivity contribution in [2.75, 3.05) is 52.5 Å². The first kappa shape index (κ1) is 28.4. The van der Waals surface area contributed by atoms with E-state index in [0.29, 0.717) is 58.5 Å². The van der Waals surface area contributed by atoms with E-state index in [2.05, 4.69) is 17.9 Å². The number of rotatable bonds is 14. The summed E-state index contributed by atoms with van der Waals surface area (Å²) in [6.07, 6.45) is 6.00. The average Bonchev–Trinajstić information content (AvgIpc) is 3.62. The van der Waals surface area contributed by atoms with Crippen LogP contribution >= 0.6 is 0 Å². The maximum atomic E-state index is 13.4. The number of carbonyl (C=O) groups is 3. The van der Waals surface area contributed by atoms with Gasteiger partial charge in [0.15, 0.2) is 0 Å². The monoisotopic (exact) mass is 529 g/mol. The Labute approximate surface area is 225 Å². The third-order valence-electron chi connectivity index (χ3n) is 8.33. The van der Waals surface area contributed by atoms with E-state index in [0.717, 1.165) is 49.1 Å². The van der Waals surface area contributed by atoms with E-state index in [1.54, 1.807) is 0 Å². The summed E-state index contributed by atoms with van der Waals surface area (Å²) in [6.45, 7) is 5.96. The van der Waals surface area contributed by atoms with Gasteiger partial charge in [0.2, 0.25) is 11.8 Å². The number of carboxylic acid groups (broad SMARTS) is 1. The first-order valence-corrected chi connectivity index (χ1v) is 14.3. The number of benzene rings is 1. The van der Waals surface area contributed by atoms with Gasteiger partial charge in [-0.15, -0.1) is 0 Å². The smallest absolute Gasteiger partial charge is 0.308 e. The van der Waals surface area contributed by atoms with Crippen LogP contribution in [0.15, 0.2) is 18.2 Å². The Kier molecular flexibility index (Phi) is 10.0. The largest absolute Gasteiger partial charge is 0.493 e. The molecule has 4 rings (SSSR count). The van der Waals surface area contributed by atoms with Crippen LogP contribution in [-0.4, -0.2) is 101 Å². The molecule has 38 heavy (non-hydrogen) atoms. The topological polar surface area (TPSA) is 111 Å². The molecule has 0 radical (unpaired) electrons. The normalized spacial score (nSPS) is 23.1. The highest BCUT2D eigenvalue weighted by Gasteiger charge is 2.47. The lowest BCUT2D eigenvalue weighted by Gasteiger charge is -2.30. The zero-order valence-corrected chi connectivity index (χ0v) is 22.6. The highest BCUT2D eigenvalue weighted by Crippen LogP contribution is 2.41. The van der Waals surface area contributed by atoms with Gasteiger partial charge in [0.25, 0.3) is 0 Å². The number of aliphatic hydroxyl groups excluding tert-OH is 1. The SMILES string of the molecule is CCCCN(CCCO)C(=O)CN1C[C@H](c2ccc3c(c2)CCO3)C(C(=O)O)[C@@H]1CCCN1CCCC1=O. The fraction of sp³-hybridized carbons (Fsp3) is 0.690. The minimum Gasteiger partial charge on any atom is -0.493 e. The van der Waals surface area contributed by atoms with Crippen molar-refractivity contribution >= 4 is 17.8 Å². The number of carbonyl (C=O) groups excluding carboxylic acids is 2. The molecule has 9 nitrogen and oxygen atoms in total. The number of carboxylic acids is 1. The Morgan fingerprint density at radius 3 is 2.68 bits per heavy atom. The molecule has 1 aromatic rings. The number of hydrogen-bond acceptors (Lipinski definition) is 6. The van der Waals surface area contributed by atoms with Crippen LogP contribution in [0.4, 0.5) is 0 Å². The lowest BCUT2D eigenvalue weighted by atomic mass is 9.83. The molecule has 2 amide bonds. The number of unbranched alkanes of at least 4 members (excludes halogenated alkanes) is 1. The molecular weight excluding hydrogens is 486 g/mol. The van der Waals surface area contributed by atoms with Crippen LogP contribution in [0.5, 0.6) is 5.75 Å². The van der Waals surface area contributed by atoms with E-state index in [1.807, 2.05) is 21.9 Å². The third-order valence-corrected chi connectivity index (χ3v) is 8.33. The van der Waals surface area contributed by atoms with Crippen molar-refractivity contribution in [1.29, 1.82) is 0 Å². The van der Waals surface area contributed by atoms with Gasteiger partial charge in [-0.05, 0) is 49.3 Å². The second-order valence-corrected chi connectivity index (χ2v) is 10.9. The van der Waals surface area contributed by atoms with Crippen LogP contribution in [0.2, 0.25) is 0 Å². The van der Waals surface area contributed by atoms with E-state index in [1.165, 1.54) is 0 Å². The van der Waals surface area contributed by atoms with Gasteiger partial charge in [0.05, 0.1) is 19.1 Å². The Hall–Kier alpha value is -2.65. The second kappa shape index (κ2) is 13.4. The Balaban J connectivity index is 1.54. The van der Waals surface area contributed by atoms with Crippen LogP contribution in [0.25, 0.3) is 0 Å². The quantitative estimate of drug-likeness (QED) is 0.381. The van der Waals surface area contributed by atoms with Crippen molar-refractivity contribution in [2.24, 2.45) is 5.92 Å². The summed E-state index contributed by atoms with van der Waals surface area (Å²) in [5.74, 6) is -0.684. The molecule has 2 N–H and O–H groups in total. The number of fused-ring (bicyclic) bond motifs is 1. The van der Waals surface area contributed by atoms with Gasteiger partial charge in [0, 0.05) is 64.1 Å². The van der Waals surface area contributed by atoms with Crippen molar-refractivity contribution in [3.05, 3.63) is 29.3 Å². The molecule has 2 saturated heterocycles. The van der Waals surface area contributed by atoms with Crippen LogP contribution in [0.3, 0.4) is 0 Å². The van der Waals surface area contributed by atoms with Crippen LogP contribution in [0.1, 0.15) is 68.9 Å². The summed E-state index contributed by atoms with van der Waals surface area (Å²) in [5.41, 5.74) is 2.10. The van der Waals surface area contributed by atoms with Crippen molar-refractivity contribution < 1.29 is 29.3 Å². The first-order valence-electron chi connectivity index (χ1n) is 14.3. The Bertz CT molecular complexity index is 977. The standard InChI is InChI=1S/C29H43N3O6/c1-2-3-12-31(15-6-16-33)27(35)20-32-19-23(21-9-10-25-22(18-21)11-17-38-25)28(29(36)37)24(32)7-4-13-30-14-5-8-26(30)34/h9-10,18,23-24,28,33H,2-8,11-17,19-20H2,1H3,(H,36,37)/t23-,24+,28?/m1/s1. The lowest BCUT2D eigenvalue weighted by Crippen LogP contribution is -2.45. The number of hydrogen-bond donors (Lipinski definition) is 2. The highest BCUT2D eigenvalue weighted by molar-refractivity contribution is 5.79. The molecule has 0 aromatic heterocycles. The van der Waals surface area contributed by atoms with E-state index in [4.69, 9.17) is 4.74 Å². The Morgan fingerprint density at radius 2 is 1.97 bits per heavy atom. The van der Waals surface area contributed by atoms with Gasteiger partial charge in [-0.3, -0.25) is 19.3 Å². The van der Waals surface area contributed by atoms with Crippen LogP contribution < -0.4 is 4.74 Å². The summed E-state index contributed by atoms with van der Waals surface area (Å²) in [6, 6.07) is 5.71. The summed E-state index contributed by atoms with van der Waals surface area (Å²) in [7, 11) is 0. The average molecular weight is 530 g/mol. The second-order valence-electron chi connectivity index (χ2n) is 10.9. The summed E-state index contributed by atoms with van der Waals surface area (Å²) >= 11 is 0. The minimum atomic E-state index is -0.841. The molecule has 0 bridgehead atoms. The highest BCUT2D eigenvalue weighted by atomic mass is 16.5. The molecule has 3 aliphatic rings. The van der Waals surface area contributed by atoms with Crippen LogP contribution in [-0.2, 0) is 20.8 Å². The molecule has 0 saturated carbocycles. The van der Waals surface area contributed by atoms with Gasteiger partial charge < -0.3 is 24.7 Å². The van der Waals surface area contributed by atoms with Gasteiger partial charge in [-0.25, -0.2) is 0 Å². The predicted octanol–water partition coefficient (Wildman–Crippen LogP) is 2.50. The molecule has 3 atom stereocenters. The van der Waals surface area contributed by atoms with Gasteiger partial charge in [0.1, 0.15) is 5.75 Å². The molecule has 210 valence electrons. The summed E-state index contributed by atoms with van der Waals surface area (Å²) in [5, 5.41) is 19.7. The molecule has 1 aromatic carbocycles. The van der Waals surface area contributed by atoms with Crippen molar-refractivity contribution in [3.8, 4) is 5.75 Å². The lowest BCUT2D eigenvalue weighted by molar-refractivity contribution is -0.144. The number of aliphatic hydroxyl groups is 1. The summed E-state index contributed by atoms with van der Waals surface area (Å²) in [4.78, 5) is 44.0. The molecule has 1 unspecified atom stereocenters. The molecule has 0 spiro atoms. The van der Waals surface area contributed by atoms with Crippen molar-refractivity contribution in [2.45, 2.75) is 70.3 Å². The maximum Gasteiger partial charge on any atom is 0.308 e. The fourth-order valence-corrected chi connectivity index (χ4v) is 6.30. The predicted molar refractivity (Wildman–Crippen MR) is 143 cm³/mol. The molecule has 2 fully saturated rings. The maximum absolute atomic E-state index is 13.4. The van der Waals surface area contributed by atoms with E-state index in [-0.39, 0.29) is 36.9 Å². The number of nitrogens with zero attached hydrogens (tertiary/aromatic N) is 3. The van der Waals surface area contributed by atoms with Gasteiger partial charge in [-0.2, -0.15) is 0 Å². The first-order chi connectivity index (χ1) is 18.4. The molecular formula is C29H43N3O6. The summed E-state index contributed by atoms with van der Waals surface area (Å²) < 4.78 is 5.66. The van der Waals surface area contributed by atoms with Gasteiger partial charge >= 0.3 is 5.97 Å². The number of aliphatic carboxylic acids is 1. The zero-order chi connectivity index (χ0) is 27.1. The molecule has 3 aliphatic heterocycles. The fourth-order valence-electron chi connectivity index (χ4n) is 6.30. The van der Waals surface area contributed by atoms with E-state index >= 15 is 0 Å². The van der Waals surface area contributed by atoms with E-state index in [9.17, 15) is 24.6 Å². The minimum absolute atomic E-state index is 0.0150. The molecule has 9 heteroatoms. The third kappa shape index (κ3) is 6.67. The molecule has 0 aliphatic carbocycles. The van der Waals surface area contributed by atoms with E-state index < -0.39 is 11.9 Å².